The molecule has 0 saturated carbocycles. The molecular formula is C23H27N3O. The van der Waals surface area contributed by atoms with E-state index in [0.717, 1.165) is 36.9 Å². The zero-order chi connectivity index (χ0) is 18.6. The van der Waals surface area contributed by atoms with Crippen LogP contribution in [0, 0.1) is 0 Å². The summed E-state index contributed by atoms with van der Waals surface area (Å²) in [5.41, 5.74) is 5.91. The van der Waals surface area contributed by atoms with Crippen LogP contribution in [-0.4, -0.2) is 24.0 Å². The lowest BCUT2D eigenvalue weighted by atomic mass is 9.91. The Bertz CT molecular complexity index is 929. The van der Waals surface area contributed by atoms with Gasteiger partial charge < -0.3 is 15.6 Å². The Morgan fingerprint density at radius 1 is 1.19 bits per heavy atom. The number of hydrogen-bond acceptors (Lipinski definition) is 2. The molecule has 1 atom stereocenters. The van der Waals surface area contributed by atoms with E-state index in [2.05, 4.69) is 45.9 Å². The normalized spacial score (nSPS) is 16.3. The quantitative estimate of drug-likeness (QED) is 0.618. The number of benzene rings is 2. The second kappa shape index (κ2) is 7.97. The maximum absolute atomic E-state index is 12.2. The van der Waals surface area contributed by atoms with E-state index in [4.69, 9.17) is 0 Å². The van der Waals surface area contributed by atoms with Gasteiger partial charge in [-0.05, 0) is 68.5 Å². The van der Waals surface area contributed by atoms with Crippen LogP contribution in [0.3, 0.4) is 0 Å². The molecule has 1 amide bonds. The molecule has 0 radical (unpaired) electrons. The average Bonchev–Trinajstić information content (AvgIpc) is 3.08. The molecule has 3 N–H and O–H groups in total. The molecule has 4 nitrogen and oxygen atoms in total. The highest BCUT2D eigenvalue weighted by Gasteiger charge is 2.24. The highest BCUT2D eigenvalue weighted by atomic mass is 16.1. The van der Waals surface area contributed by atoms with Crippen molar-refractivity contribution in [2.24, 2.45) is 0 Å². The number of nitrogens with one attached hydrogen (secondary N) is 3. The van der Waals surface area contributed by atoms with Gasteiger partial charge in [0, 0.05) is 34.7 Å². The molecule has 140 valence electrons. The van der Waals surface area contributed by atoms with Crippen molar-refractivity contribution < 1.29 is 4.79 Å². The molecule has 1 aliphatic rings. The lowest BCUT2D eigenvalue weighted by Gasteiger charge is -2.24. The molecule has 1 heterocycles. The zero-order valence-corrected chi connectivity index (χ0v) is 15.8. The van der Waals surface area contributed by atoms with E-state index in [-0.39, 0.29) is 5.91 Å². The van der Waals surface area contributed by atoms with Gasteiger partial charge in [-0.2, -0.15) is 0 Å². The average molecular weight is 361 g/mol. The molecule has 4 rings (SSSR count). The topological polar surface area (TPSA) is 56.9 Å². The molecule has 0 bridgehead atoms. The summed E-state index contributed by atoms with van der Waals surface area (Å²) < 4.78 is 0. The SMILES string of the molecule is CCNC(=O)c1ccc2[nH]c3c(c2c1)CCCC3NCCc1ccccc1. The van der Waals surface area contributed by atoms with Crippen LogP contribution in [0.2, 0.25) is 0 Å². The molecule has 2 aromatic carbocycles. The van der Waals surface area contributed by atoms with Crippen LogP contribution in [0.25, 0.3) is 10.9 Å². The lowest BCUT2D eigenvalue weighted by Crippen LogP contribution is -2.27. The Balaban J connectivity index is 1.53. The number of H-pyrrole nitrogens is 1. The van der Waals surface area contributed by atoms with Crippen molar-refractivity contribution in [3.05, 3.63) is 70.9 Å². The standard InChI is InChI=1S/C23H27N3O/c1-2-24-23(27)17-11-12-20-19(15-17)18-9-6-10-21(22(18)26-20)25-14-13-16-7-4-3-5-8-16/h3-5,7-8,11-12,15,21,25-26H,2,6,9-10,13-14H2,1H3,(H,24,27). The lowest BCUT2D eigenvalue weighted by molar-refractivity contribution is 0.0956. The molecule has 1 unspecified atom stereocenters. The fourth-order valence-electron chi connectivity index (χ4n) is 4.11. The maximum atomic E-state index is 12.2. The van der Waals surface area contributed by atoms with Gasteiger partial charge in [0.25, 0.3) is 5.91 Å². The molecule has 3 aromatic rings. The number of fused-ring (bicyclic) bond motifs is 3. The Kier molecular flexibility index (Phi) is 5.26. The molecule has 0 spiro atoms. The minimum absolute atomic E-state index is 0.00250. The van der Waals surface area contributed by atoms with Crippen LogP contribution in [0.1, 0.15) is 53.0 Å². The van der Waals surface area contributed by atoms with Gasteiger partial charge in [0.05, 0.1) is 0 Å². The fourth-order valence-corrected chi connectivity index (χ4v) is 4.11. The van der Waals surface area contributed by atoms with Crippen LogP contribution in [0.5, 0.6) is 0 Å². The van der Waals surface area contributed by atoms with Crippen molar-refractivity contribution in [2.75, 3.05) is 13.1 Å². The first-order valence-electron chi connectivity index (χ1n) is 9.96. The first-order chi connectivity index (χ1) is 13.3. The minimum atomic E-state index is 0.00250. The number of amides is 1. The van der Waals surface area contributed by atoms with Crippen LogP contribution < -0.4 is 10.6 Å². The molecule has 1 aliphatic carbocycles. The maximum Gasteiger partial charge on any atom is 0.251 e. The second-order valence-electron chi connectivity index (χ2n) is 7.27. The van der Waals surface area contributed by atoms with Crippen molar-refractivity contribution >= 4 is 16.8 Å². The first-order valence-corrected chi connectivity index (χ1v) is 9.96. The van der Waals surface area contributed by atoms with Crippen molar-refractivity contribution in [2.45, 2.75) is 38.6 Å². The van der Waals surface area contributed by atoms with E-state index in [9.17, 15) is 4.79 Å². The van der Waals surface area contributed by atoms with E-state index < -0.39 is 0 Å². The van der Waals surface area contributed by atoms with E-state index >= 15 is 0 Å². The zero-order valence-electron chi connectivity index (χ0n) is 15.8. The fraction of sp³-hybridized carbons (Fsp3) is 0.348. The highest BCUT2D eigenvalue weighted by Crippen LogP contribution is 2.35. The molecule has 0 fully saturated rings. The molecule has 0 aliphatic heterocycles. The molecular weight excluding hydrogens is 334 g/mol. The third-order valence-electron chi connectivity index (χ3n) is 5.45. The third kappa shape index (κ3) is 3.76. The first kappa shape index (κ1) is 17.8. The molecule has 27 heavy (non-hydrogen) atoms. The largest absolute Gasteiger partial charge is 0.357 e. The van der Waals surface area contributed by atoms with Crippen LogP contribution in [-0.2, 0) is 12.8 Å². The summed E-state index contributed by atoms with van der Waals surface area (Å²) in [4.78, 5) is 15.8. The van der Waals surface area contributed by atoms with E-state index in [1.165, 1.54) is 28.6 Å². The van der Waals surface area contributed by atoms with Crippen LogP contribution in [0.4, 0.5) is 0 Å². The van der Waals surface area contributed by atoms with E-state index in [1.807, 2.05) is 25.1 Å². The Labute approximate surface area is 160 Å². The summed E-state index contributed by atoms with van der Waals surface area (Å²) in [7, 11) is 0. The van der Waals surface area contributed by atoms with Gasteiger partial charge in [-0.25, -0.2) is 0 Å². The summed E-state index contributed by atoms with van der Waals surface area (Å²) in [5, 5.41) is 7.82. The van der Waals surface area contributed by atoms with Gasteiger partial charge in [-0.1, -0.05) is 30.3 Å². The molecule has 1 aromatic heterocycles. The predicted octanol–water partition coefficient (Wildman–Crippen LogP) is 4.13. The summed E-state index contributed by atoms with van der Waals surface area (Å²) in [5.74, 6) is 0.00250. The third-order valence-corrected chi connectivity index (χ3v) is 5.45. The summed E-state index contributed by atoms with van der Waals surface area (Å²) in [6.45, 7) is 3.56. The Hall–Kier alpha value is -2.59. The van der Waals surface area contributed by atoms with Crippen molar-refractivity contribution in [1.82, 2.24) is 15.6 Å². The van der Waals surface area contributed by atoms with Gasteiger partial charge in [0.15, 0.2) is 0 Å². The number of carbonyl (C=O) groups excluding carboxylic acids is 1. The summed E-state index contributed by atoms with van der Waals surface area (Å²) in [6.07, 6.45) is 4.44. The monoisotopic (exact) mass is 361 g/mol. The van der Waals surface area contributed by atoms with Gasteiger partial charge >= 0.3 is 0 Å². The summed E-state index contributed by atoms with van der Waals surface area (Å²) in [6, 6.07) is 17.0. The van der Waals surface area contributed by atoms with Gasteiger partial charge in [0.1, 0.15) is 0 Å². The number of hydrogen-bond donors (Lipinski definition) is 3. The van der Waals surface area contributed by atoms with Crippen LogP contribution >= 0.6 is 0 Å². The Morgan fingerprint density at radius 2 is 2.04 bits per heavy atom. The number of carbonyl (C=O) groups is 1. The molecule has 4 heteroatoms. The predicted molar refractivity (Wildman–Crippen MR) is 110 cm³/mol. The van der Waals surface area contributed by atoms with Gasteiger partial charge in [-0.3, -0.25) is 4.79 Å². The van der Waals surface area contributed by atoms with Crippen molar-refractivity contribution in [3.63, 3.8) is 0 Å². The number of rotatable bonds is 6. The Morgan fingerprint density at radius 3 is 2.85 bits per heavy atom. The summed E-state index contributed by atoms with van der Waals surface area (Å²) >= 11 is 0. The minimum Gasteiger partial charge on any atom is -0.357 e. The van der Waals surface area contributed by atoms with E-state index in [0.29, 0.717) is 12.6 Å². The van der Waals surface area contributed by atoms with Crippen LogP contribution in [0.15, 0.2) is 48.5 Å². The van der Waals surface area contributed by atoms with Crippen molar-refractivity contribution in [1.29, 1.82) is 0 Å². The van der Waals surface area contributed by atoms with Gasteiger partial charge in [-0.15, -0.1) is 0 Å². The second-order valence-corrected chi connectivity index (χ2v) is 7.27. The van der Waals surface area contributed by atoms with E-state index in [1.54, 1.807) is 0 Å². The smallest absolute Gasteiger partial charge is 0.251 e. The number of aromatic nitrogens is 1. The molecule has 0 saturated heterocycles. The van der Waals surface area contributed by atoms with Gasteiger partial charge in [0.2, 0.25) is 0 Å². The van der Waals surface area contributed by atoms with Crippen molar-refractivity contribution in [3.8, 4) is 0 Å². The number of aryl methyl sites for hydroxylation is 1. The highest BCUT2D eigenvalue weighted by molar-refractivity contribution is 5.99. The number of aromatic amines is 1.